The van der Waals surface area contributed by atoms with Crippen molar-refractivity contribution < 1.29 is 5.11 Å². The quantitative estimate of drug-likeness (QED) is 0.646. The molecule has 0 spiro atoms. The predicted octanol–water partition coefficient (Wildman–Crippen LogP) is 3.42. The zero-order valence-corrected chi connectivity index (χ0v) is 7.56. The third kappa shape index (κ3) is 1.98. The van der Waals surface area contributed by atoms with E-state index in [0.29, 0.717) is 5.76 Å². The van der Waals surface area contributed by atoms with Gasteiger partial charge in [0.2, 0.25) is 0 Å². The lowest BCUT2D eigenvalue weighted by atomic mass is 9.86. The van der Waals surface area contributed by atoms with E-state index in [1.165, 1.54) is 18.4 Å². The van der Waals surface area contributed by atoms with Crippen LogP contribution in [0.2, 0.25) is 0 Å². The number of hydrogen-bond donors (Lipinski definition) is 1. The number of allylic oxidation sites excluding steroid dienone is 2. The molecule has 64 valence electrons. The highest BCUT2D eigenvalue weighted by atomic mass is 16.3. The van der Waals surface area contributed by atoms with Crippen LogP contribution in [-0.4, -0.2) is 5.11 Å². The van der Waals surface area contributed by atoms with Crippen LogP contribution in [-0.2, 0) is 0 Å². The number of aliphatic hydroxyl groups is 1. The van der Waals surface area contributed by atoms with Crippen molar-refractivity contribution in [2.24, 2.45) is 5.92 Å². The van der Waals surface area contributed by atoms with Gasteiger partial charge in [-0.2, -0.15) is 0 Å². The van der Waals surface area contributed by atoms with Gasteiger partial charge < -0.3 is 5.11 Å². The van der Waals surface area contributed by atoms with Crippen molar-refractivity contribution in [3.05, 3.63) is 11.3 Å². The van der Waals surface area contributed by atoms with Gasteiger partial charge in [-0.15, -0.1) is 0 Å². The second-order valence-corrected chi connectivity index (χ2v) is 3.42. The normalized spacial score (nSPS) is 25.8. The molecule has 1 aliphatic rings. The Labute approximate surface area is 69.1 Å². The van der Waals surface area contributed by atoms with Crippen LogP contribution in [0.1, 0.15) is 46.0 Å². The van der Waals surface area contributed by atoms with Crippen molar-refractivity contribution >= 4 is 0 Å². The predicted molar refractivity (Wildman–Crippen MR) is 47.6 cm³/mol. The molecule has 1 unspecified atom stereocenters. The highest BCUT2D eigenvalue weighted by molar-refractivity contribution is 5.11. The first-order valence-corrected chi connectivity index (χ1v) is 4.67. The molecule has 11 heavy (non-hydrogen) atoms. The Bertz CT molecular complexity index is 158. The fraction of sp³-hybridized carbons (Fsp3) is 0.800. The van der Waals surface area contributed by atoms with E-state index in [2.05, 4.69) is 13.8 Å². The summed E-state index contributed by atoms with van der Waals surface area (Å²) in [4.78, 5) is 0. The van der Waals surface area contributed by atoms with Gasteiger partial charge in [-0.1, -0.05) is 20.3 Å². The molecule has 0 aromatic heterocycles. The van der Waals surface area contributed by atoms with E-state index in [1.807, 2.05) is 0 Å². The van der Waals surface area contributed by atoms with E-state index in [-0.39, 0.29) is 0 Å². The summed E-state index contributed by atoms with van der Waals surface area (Å²) < 4.78 is 0. The molecular formula is C10H18O. The minimum atomic E-state index is 0.686. The van der Waals surface area contributed by atoms with Crippen LogP contribution in [0.5, 0.6) is 0 Å². The van der Waals surface area contributed by atoms with Crippen LogP contribution in [0, 0.1) is 5.92 Å². The van der Waals surface area contributed by atoms with E-state index < -0.39 is 0 Å². The first-order valence-electron chi connectivity index (χ1n) is 4.67. The van der Waals surface area contributed by atoms with Crippen molar-refractivity contribution in [2.45, 2.75) is 46.0 Å². The summed E-state index contributed by atoms with van der Waals surface area (Å²) in [6.07, 6.45) is 5.58. The van der Waals surface area contributed by atoms with Gasteiger partial charge in [-0.25, -0.2) is 0 Å². The maximum Gasteiger partial charge on any atom is 0.0917 e. The molecule has 0 aromatic carbocycles. The minimum Gasteiger partial charge on any atom is -0.512 e. The van der Waals surface area contributed by atoms with Crippen molar-refractivity contribution in [1.29, 1.82) is 0 Å². The van der Waals surface area contributed by atoms with Gasteiger partial charge in [0.25, 0.3) is 0 Å². The standard InChI is InChI=1S/C10H18O/c1-3-8-5-6-9(4-2)10(11)7-8/h8,11H,3-7H2,1-2H3. The molecule has 0 heterocycles. The molecule has 1 aliphatic carbocycles. The monoisotopic (exact) mass is 154 g/mol. The molecule has 0 radical (unpaired) electrons. The lowest BCUT2D eigenvalue weighted by molar-refractivity contribution is 0.304. The second kappa shape index (κ2) is 3.80. The average molecular weight is 154 g/mol. The fourth-order valence-corrected chi connectivity index (χ4v) is 1.77. The van der Waals surface area contributed by atoms with Crippen LogP contribution in [0.3, 0.4) is 0 Å². The van der Waals surface area contributed by atoms with E-state index in [4.69, 9.17) is 0 Å². The third-order valence-electron chi connectivity index (χ3n) is 2.75. The van der Waals surface area contributed by atoms with Gasteiger partial charge in [-0.05, 0) is 30.8 Å². The summed E-state index contributed by atoms with van der Waals surface area (Å²) in [5.41, 5.74) is 1.29. The first-order chi connectivity index (χ1) is 5.27. The van der Waals surface area contributed by atoms with Crippen LogP contribution in [0.4, 0.5) is 0 Å². The molecule has 1 heteroatoms. The molecule has 1 rings (SSSR count). The largest absolute Gasteiger partial charge is 0.512 e. The van der Waals surface area contributed by atoms with E-state index >= 15 is 0 Å². The Kier molecular flexibility index (Phi) is 2.98. The third-order valence-corrected chi connectivity index (χ3v) is 2.75. The molecule has 1 N–H and O–H groups in total. The summed E-state index contributed by atoms with van der Waals surface area (Å²) >= 11 is 0. The summed E-state index contributed by atoms with van der Waals surface area (Å²) in [6.45, 7) is 4.33. The highest BCUT2D eigenvalue weighted by Gasteiger charge is 2.17. The van der Waals surface area contributed by atoms with E-state index in [0.717, 1.165) is 25.2 Å². The summed E-state index contributed by atoms with van der Waals surface area (Å²) in [5, 5.41) is 9.55. The minimum absolute atomic E-state index is 0.686. The van der Waals surface area contributed by atoms with Gasteiger partial charge in [0.1, 0.15) is 0 Å². The lowest BCUT2D eigenvalue weighted by Crippen LogP contribution is -2.09. The van der Waals surface area contributed by atoms with E-state index in [1.54, 1.807) is 0 Å². The molecule has 0 saturated carbocycles. The summed E-state index contributed by atoms with van der Waals surface area (Å²) in [5.74, 6) is 1.43. The molecule has 1 nitrogen and oxygen atoms in total. The number of rotatable bonds is 2. The van der Waals surface area contributed by atoms with Crippen LogP contribution >= 0.6 is 0 Å². The molecule has 0 aliphatic heterocycles. The van der Waals surface area contributed by atoms with Crippen molar-refractivity contribution in [3.63, 3.8) is 0 Å². The number of aliphatic hydroxyl groups excluding tert-OH is 1. The Balaban J connectivity index is 2.56. The lowest BCUT2D eigenvalue weighted by Gasteiger charge is -2.22. The van der Waals surface area contributed by atoms with Crippen molar-refractivity contribution in [2.75, 3.05) is 0 Å². The zero-order chi connectivity index (χ0) is 8.27. The van der Waals surface area contributed by atoms with Gasteiger partial charge in [0, 0.05) is 6.42 Å². The second-order valence-electron chi connectivity index (χ2n) is 3.42. The zero-order valence-electron chi connectivity index (χ0n) is 7.56. The Morgan fingerprint density at radius 2 is 2.18 bits per heavy atom. The molecule has 0 saturated heterocycles. The van der Waals surface area contributed by atoms with Crippen LogP contribution in [0.15, 0.2) is 11.3 Å². The topological polar surface area (TPSA) is 20.2 Å². The Morgan fingerprint density at radius 1 is 1.45 bits per heavy atom. The number of hydrogen-bond acceptors (Lipinski definition) is 1. The maximum atomic E-state index is 9.55. The van der Waals surface area contributed by atoms with Crippen LogP contribution in [0.25, 0.3) is 0 Å². The fourth-order valence-electron chi connectivity index (χ4n) is 1.77. The molecule has 0 aromatic rings. The Hall–Kier alpha value is -0.460. The van der Waals surface area contributed by atoms with Gasteiger partial charge >= 0.3 is 0 Å². The molecule has 1 atom stereocenters. The SMILES string of the molecule is CCC1=C(O)CC(CC)CC1. The van der Waals surface area contributed by atoms with Gasteiger partial charge in [-0.3, -0.25) is 0 Å². The smallest absolute Gasteiger partial charge is 0.0917 e. The van der Waals surface area contributed by atoms with Gasteiger partial charge in [0.05, 0.1) is 5.76 Å². The average Bonchev–Trinajstić information content (AvgIpc) is 2.04. The van der Waals surface area contributed by atoms with Crippen molar-refractivity contribution in [1.82, 2.24) is 0 Å². The highest BCUT2D eigenvalue weighted by Crippen LogP contribution is 2.31. The molecule has 0 bridgehead atoms. The van der Waals surface area contributed by atoms with Gasteiger partial charge in [0.15, 0.2) is 0 Å². The summed E-state index contributed by atoms with van der Waals surface area (Å²) in [7, 11) is 0. The summed E-state index contributed by atoms with van der Waals surface area (Å²) in [6, 6.07) is 0. The van der Waals surface area contributed by atoms with E-state index in [9.17, 15) is 5.11 Å². The van der Waals surface area contributed by atoms with Crippen LogP contribution < -0.4 is 0 Å². The van der Waals surface area contributed by atoms with Crippen molar-refractivity contribution in [3.8, 4) is 0 Å². The Morgan fingerprint density at radius 3 is 2.64 bits per heavy atom. The molecular weight excluding hydrogens is 136 g/mol. The molecule has 0 amide bonds. The maximum absolute atomic E-state index is 9.55. The first kappa shape index (κ1) is 8.63. The molecule has 0 fully saturated rings.